The minimum atomic E-state index is 0.682. The van der Waals surface area contributed by atoms with E-state index in [9.17, 15) is 0 Å². The number of hydrogen-bond donors (Lipinski definition) is 2. The molecule has 2 heterocycles. The lowest BCUT2D eigenvalue weighted by atomic mass is 10.2. The summed E-state index contributed by atoms with van der Waals surface area (Å²) in [6.45, 7) is 11.6. The maximum Gasteiger partial charge on any atom is 0.166 e. The van der Waals surface area contributed by atoms with Crippen LogP contribution in [0.1, 0.15) is 36.0 Å². The topological polar surface area (TPSA) is 59.7 Å². The lowest BCUT2D eigenvalue weighted by molar-refractivity contribution is 0.556. The van der Waals surface area contributed by atoms with Crippen LogP contribution >= 0.6 is 12.2 Å². The highest BCUT2D eigenvalue weighted by Gasteiger charge is 2.05. The molecule has 0 saturated heterocycles. The van der Waals surface area contributed by atoms with Crippen molar-refractivity contribution in [3.05, 3.63) is 34.9 Å². The van der Waals surface area contributed by atoms with Crippen LogP contribution in [0, 0.1) is 20.8 Å². The van der Waals surface area contributed by atoms with Gasteiger partial charge in [-0.15, -0.1) is 0 Å². The summed E-state index contributed by atoms with van der Waals surface area (Å²) in [4.78, 5) is 0. The normalized spacial score (nSPS) is 10.8. The van der Waals surface area contributed by atoms with Crippen molar-refractivity contribution in [3.63, 3.8) is 0 Å². The smallest absolute Gasteiger partial charge is 0.166 e. The predicted molar refractivity (Wildman–Crippen MR) is 96.4 cm³/mol. The van der Waals surface area contributed by atoms with E-state index in [-0.39, 0.29) is 0 Å². The molecule has 0 unspecified atom stereocenters. The van der Waals surface area contributed by atoms with Crippen LogP contribution in [0.2, 0.25) is 0 Å². The van der Waals surface area contributed by atoms with Gasteiger partial charge in [0.1, 0.15) is 0 Å². The van der Waals surface area contributed by atoms with Gasteiger partial charge in [0, 0.05) is 43.1 Å². The summed E-state index contributed by atoms with van der Waals surface area (Å²) >= 11 is 5.32. The molecule has 0 spiro atoms. The summed E-state index contributed by atoms with van der Waals surface area (Å²) in [5.74, 6) is 0. The Bertz CT molecular complexity index is 658. The third kappa shape index (κ3) is 4.79. The first-order valence-electron chi connectivity index (χ1n) is 8.05. The number of nitrogens with zero attached hydrogens (tertiary/aromatic N) is 4. The molecule has 0 radical (unpaired) electrons. The van der Waals surface area contributed by atoms with Crippen LogP contribution < -0.4 is 10.6 Å². The minimum absolute atomic E-state index is 0.682. The monoisotopic (exact) mass is 334 g/mol. The molecule has 2 N–H and O–H groups in total. The van der Waals surface area contributed by atoms with Crippen molar-refractivity contribution < 1.29 is 0 Å². The van der Waals surface area contributed by atoms with Gasteiger partial charge >= 0.3 is 0 Å². The van der Waals surface area contributed by atoms with Gasteiger partial charge in [0.15, 0.2) is 5.11 Å². The van der Waals surface area contributed by atoms with E-state index < -0.39 is 0 Å². The van der Waals surface area contributed by atoms with Gasteiger partial charge in [-0.2, -0.15) is 10.2 Å². The Morgan fingerprint density at radius 3 is 2.61 bits per heavy atom. The van der Waals surface area contributed by atoms with Crippen LogP contribution in [-0.2, 0) is 19.6 Å². The van der Waals surface area contributed by atoms with Crippen molar-refractivity contribution in [1.82, 2.24) is 30.2 Å². The summed E-state index contributed by atoms with van der Waals surface area (Å²) in [7, 11) is 0. The predicted octanol–water partition coefficient (Wildman–Crippen LogP) is 2.08. The fraction of sp³-hybridized carbons (Fsp3) is 0.562. The molecule has 0 saturated carbocycles. The van der Waals surface area contributed by atoms with Crippen molar-refractivity contribution in [2.24, 2.45) is 0 Å². The van der Waals surface area contributed by atoms with Crippen LogP contribution in [0.3, 0.4) is 0 Å². The second-order valence-corrected chi connectivity index (χ2v) is 6.09. The number of rotatable bonds is 7. The van der Waals surface area contributed by atoms with Crippen LogP contribution in [0.15, 0.2) is 12.3 Å². The van der Waals surface area contributed by atoms with E-state index in [0.29, 0.717) is 11.7 Å². The molecule has 2 aromatic heterocycles. The standard InChI is InChI=1S/C16H26N6S/c1-5-21-14(4)15(11-19-21)10-18-16(23)17-7-6-8-22-13(3)9-12(2)20-22/h9,11H,5-8,10H2,1-4H3,(H2,17,18,23). The van der Waals surface area contributed by atoms with Gasteiger partial charge in [0.25, 0.3) is 0 Å². The molecular weight excluding hydrogens is 308 g/mol. The molecule has 0 atom stereocenters. The number of hydrogen-bond acceptors (Lipinski definition) is 3. The average Bonchev–Trinajstić information content (AvgIpc) is 3.03. The van der Waals surface area contributed by atoms with Gasteiger partial charge in [-0.25, -0.2) is 0 Å². The van der Waals surface area contributed by atoms with E-state index in [0.717, 1.165) is 31.7 Å². The molecule has 0 aliphatic heterocycles. The first-order valence-corrected chi connectivity index (χ1v) is 8.46. The summed E-state index contributed by atoms with van der Waals surface area (Å²) in [6, 6.07) is 2.10. The molecular formula is C16H26N6S. The molecule has 0 aliphatic carbocycles. The fourth-order valence-electron chi connectivity index (χ4n) is 2.55. The van der Waals surface area contributed by atoms with Crippen molar-refractivity contribution in [1.29, 1.82) is 0 Å². The Labute approximate surface area is 143 Å². The number of aryl methyl sites for hydroxylation is 4. The van der Waals surface area contributed by atoms with Crippen molar-refractivity contribution in [2.45, 2.75) is 53.8 Å². The quantitative estimate of drug-likeness (QED) is 0.600. The summed E-state index contributed by atoms with van der Waals surface area (Å²) in [6.07, 6.45) is 2.88. The van der Waals surface area contributed by atoms with E-state index in [1.54, 1.807) is 0 Å². The SMILES string of the molecule is CCn1ncc(CNC(=S)NCCCn2nc(C)cc2C)c1C. The number of thiocarbonyl (C=S) groups is 1. The van der Waals surface area contributed by atoms with Gasteiger partial charge in [-0.1, -0.05) is 0 Å². The molecule has 0 bridgehead atoms. The molecule has 0 amide bonds. The average molecular weight is 334 g/mol. The molecule has 0 aliphatic rings. The number of nitrogens with one attached hydrogen (secondary N) is 2. The molecule has 0 fully saturated rings. The van der Waals surface area contributed by atoms with Crippen LogP contribution in [0.4, 0.5) is 0 Å². The molecule has 7 heteroatoms. The van der Waals surface area contributed by atoms with Crippen LogP contribution in [0.25, 0.3) is 0 Å². The van der Waals surface area contributed by atoms with Crippen molar-refractivity contribution in [2.75, 3.05) is 6.54 Å². The van der Waals surface area contributed by atoms with E-state index in [2.05, 4.69) is 47.7 Å². The van der Waals surface area contributed by atoms with Gasteiger partial charge in [0.05, 0.1) is 11.9 Å². The van der Waals surface area contributed by atoms with Gasteiger partial charge in [-0.05, 0) is 52.4 Å². The lowest BCUT2D eigenvalue weighted by Gasteiger charge is -2.11. The first kappa shape index (κ1) is 17.5. The highest BCUT2D eigenvalue weighted by molar-refractivity contribution is 7.80. The van der Waals surface area contributed by atoms with Crippen LogP contribution in [0.5, 0.6) is 0 Å². The maximum atomic E-state index is 5.32. The summed E-state index contributed by atoms with van der Waals surface area (Å²) in [5, 5.41) is 15.9. The highest BCUT2D eigenvalue weighted by atomic mass is 32.1. The fourth-order valence-corrected chi connectivity index (χ4v) is 2.72. The van der Waals surface area contributed by atoms with Crippen molar-refractivity contribution in [3.8, 4) is 0 Å². The Morgan fingerprint density at radius 1 is 1.22 bits per heavy atom. The maximum absolute atomic E-state index is 5.32. The zero-order valence-corrected chi connectivity index (χ0v) is 15.2. The van der Waals surface area contributed by atoms with E-state index in [1.807, 2.05) is 22.5 Å². The second-order valence-electron chi connectivity index (χ2n) is 5.68. The van der Waals surface area contributed by atoms with E-state index in [4.69, 9.17) is 12.2 Å². The van der Waals surface area contributed by atoms with Gasteiger partial charge in [0.2, 0.25) is 0 Å². The molecule has 2 aromatic rings. The second kappa shape index (κ2) is 8.10. The van der Waals surface area contributed by atoms with Crippen molar-refractivity contribution >= 4 is 17.3 Å². The molecule has 23 heavy (non-hydrogen) atoms. The summed E-state index contributed by atoms with van der Waals surface area (Å²) in [5.41, 5.74) is 4.63. The summed E-state index contributed by atoms with van der Waals surface area (Å²) < 4.78 is 4.03. The lowest BCUT2D eigenvalue weighted by Crippen LogP contribution is -2.35. The molecule has 6 nitrogen and oxygen atoms in total. The van der Waals surface area contributed by atoms with Crippen LogP contribution in [-0.4, -0.2) is 31.2 Å². The first-order chi connectivity index (χ1) is 11.0. The van der Waals surface area contributed by atoms with Gasteiger partial charge in [-0.3, -0.25) is 9.36 Å². The Balaban J connectivity index is 1.67. The zero-order chi connectivity index (χ0) is 16.8. The molecule has 0 aromatic carbocycles. The molecule has 126 valence electrons. The number of aromatic nitrogens is 4. The zero-order valence-electron chi connectivity index (χ0n) is 14.4. The minimum Gasteiger partial charge on any atom is -0.363 e. The molecule has 2 rings (SSSR count). The van der Waals surface area contributed by atoms with E-state index >= 15 is 0 Å². The third-order valence-electron chi connectivity index (χ3n) is 3.88. The van der Waals surface area contributed by atoms with E-state index in [1.165, 1.54) is 17.0 Å². The Morgan fingerprint density at radius 2 is 2.00 bits per heavy atom. The Kier molecular flexibility index (Phi) is 6.15. The Hall–Kier alpha value is -1.89. The largest absolute Gasteiger partial charge is 0.363 e. The highest BCUT2D eigenvalue weighted by Crippen LogP contribution is 2.06. The van der Waals surface area contributed by atoms with Gasteiger partial charge < -0.3 is 10.6 Å². The third-order valence-corrected chi connectivity index (χ3v) is 4.17.